The molecule has 0 amide bonds. The van der Waals surface area contributed by atoms with Gasteiger partial charge in [-0.1, -0.05) is 44.2 Å². The Morgan fingerprint density at radius 2 is 1.86 bits per heavy atom. The van der Waals surface area contributed by atoms with E-state index in [1.807, 2.05) is 36.5 Å². The Morgan fingerprint density at radius 3 is 2.59 bits per heavy atom. The van der Waals surface area contributed by atoms with Crippen LogP contribution in [0.1, 0.15) is 31.0 Å². The van der Waals surface area contributed by atoms with Crippen molar-refractivity contribution in [1.29, 1.82) is 0 Å². The maximum atomic E-state index is 5.87. The summed E-state index contributed by atoms with van der Waals surface area (Å²) in [7, 11) is 0. The monoisotopic (exact) mass is 355 g/mol. The highest BCUT2D eigenvalue weighted by Crippen LogP contribution is 2.32. The second-order valence-corrected chi connectivity index (χ2v) is 6.43. The zero-order valence-corrected chi connectivity index (χ0v) is 14.3. The maximum absolute atomic E-state index is 5.87. The van der Waals surface area contributed by atoms with Gasteiger partial charge in [0.1, 0.15) is 12.4 Å². The molecule has 0 radical (unpaired) electrons. The maximum Gasteiger partial charge on any atom is 0.120 e. The first kappa shape index (κ1) is 15.0. The van der Waals surface area contributed by atoms with Gasteiger partial charge in [-0.25, -0.2) is 0 Å². The average molecular weight is 356 g/mol. The van der Waals surface area contributed by atoms with Gasteiger partial charge in [-0.3, -0.25) is 4.98 Å². The van der Waals surface area contributed by atoms with Crippen LogP contribution in [0.25, 0.3) is 10.8 Å². The molecule has 22 heavy (non-hydrogen) atoms. The highest BCUT2D eigenvalue weighted by Gasteiger charge is 2.10. The topological polar surface area (TPSA) is 22.1 Å². The SMILES string of the molecule is CC(C)c1ncc2cc(OCc3ccccc3)ccc2c1Br. The molecule has 0 spiro atoms. The van der Waals surface area contributed by atoms with Crippen molar-refractivity contribution in [3.05, 3.63) is 70.5 Å². The molecule has 0 N–H and O–H groups in total. The quantitative estimate of drug-likeness (QED) is 0.598. The fourth-order valence-corrected chi connectivity index (χ4v) is 3.34. The molecule has 0 bridgehead atoms. The third-order valence-corrected chi connectivity index (χ3v) is 4.46. The summed E-state index contributed by atoms with van der Waals surface area (Å²) in [5, 5.41) is 2.26. The van der Waals surface area contributed by atoms with E-state index in [1.54, 1.807) is 0 Å². The summed E-state index contributed by atoms with van der Waals surface area (Å²) in [5.74, 6) is 1.26. The van der Waals surface area contributed by atoms with E-state index >= 15 is 0 Å². The molecular weight excluding hydrogens is 338 g/mol. The zero-order chi connectivity index (χ0) is 15.5. The Labute approximate surface area is 139 Å². The number of pyridine rings is 1. The minimum absolute atomic E-state index is 0.396. The summed E-state index contributed by atoms with van der Waals surface area (Å²) in [5.41, 5.74) is 2.25. The highest BCUT2D eigenvalue weighted by atomic mass is 79.9. The summed E-state index contributed by atoms with van der Waals surface area (Å²) < 4.78 is 6.95. The van der Waals surface area contributed by atoms with Crippen molar-refractivity contribution in [2.75, 3.05) is 0 Å². The van der Waals surface area contributed by atoms with Crippen molar-refractivity contribution in [2.45, 2.75) is 26.4 Å². The van der Waals surface area contributed by atoms with Crippen molar-refractivity contribution in [3.63, 3.8) is 0 Å². The van der Waals surface area contributed by atoms with Gasteiger partial charge in [0.25, 0.3) is 0 Å². The molecule has 0 aliphatic carbocycles. The molecule has 2 aromatic carbocycles. The molecule has 2 nitrogen and oxygen atoms in total. The molecule has 3 rings (SSSR count). The van der Waals surface area contributed by atoms with Crippen molar-refractivity contribution in [2.24, 2.45) is 0 Å². The van der Waals surface area contributed by atoms with Crippen LogP contribution in [-0.2, 0) is 6.61 Å². The summed E-state index contributed by atoms with van der Waals surface area (Å²) >= 11 is 3.68. The van der Waals surface area contributed by atoms with Gasteiger partial charge in [-0.2, -0.15) is 0 Å². The van der Waals surface area contributed by atoms with E-state index in [0.29, 0.717) is 12.5 Å². The van der Waals surface area contributed by atoms with Gasteiger partial charge in [0.2, 0.25) is 0 Å². The summed E-state index contributed by atoms with van der Waals surface area (Å²) in [6.45, 7) is 4.87. The lowest BCUT2D eigenvalue weighted by molar-refractivity contribution is 0.306. The second kappa shape index (κ2) is 6.49. The van der Waals surface area contributed by atoms with E-state index < -0.39 is 0 Å². The van der Waals surface area contributed by atoms with Crippen molar-refractivity contribution in [3.8, 4) is 5.75 Å². The van der Waals surface area contributed by atoms with Gasteiger partial charge in [0, 0.05) is 16.1 Å². The fraction of sp³-hybridized carbons (Fsp3) is 0.211. The van der Waals surface area contributed by atoms with Gasteiger partial charge >= 0.3 is 0 Å². The second-order valence-electron chi connectivity index (χ2n) is 5.64. The van der Waals surface area contributed by atoms with Crippen LogP contribution >= 0.6 is 15.9 Å². The van der Waals surface area contributed by atoms with Gasteiger partial charge in [0.05, 0.1) is 5.69 Å². The molecule has 1 aromatic heterocycles. The largest absolute Gasteiger partial charge is 0.489 e. The third kappa shape index (κ3) is 3.14. The molecule has 0 fully saturated rings. The summed E-state index contributed by atoms with van der Waals surface area (Å²) in [6.07, 6.45) is 1.92. The average Bonchev–Trinajstić information content (AvgIpc) is 2.54. The molecule has 3 heteroatoms. The smallest absolute Gasteiger partial charge is 0.120 e. The molecule has 1 heterocycles. The lowest BCUT2D eigenvalue weighted by Gasteiger charge is -2.11. The normalized spacial score (nSPS) is 11.1. The van der Waals surface area contributed by atoms with E-state index in [9.17, 15) is 0 Å². The third-order valence-electron chi connectivity index (χ3n) is 3.62. The van der Waals surface area contributed by atoms with E-state index in [2.05, 4.69) is 53.0 Å². The number of ether oxygens (including phenoxy) is 1. The zero-order valence-electron chi connectivity index (χ0n) is 12.7. The highest BCUT2D eigenvalue weighted by molar-refractivity contribution is 9.10. The Morgan fingerprint density at radius 1 is 1.09 bits per heavy atom. The molecule has 0 atom stereocenters. The van der Waals surface area contributed by atoms with Crippen LogP contribution in [0.15, 0.2) is 59.2 Å². The standard InChI is InChI=1S/C19H18BrNO/c1-13(2)19-18(20)17-9-8-16(10-15(17)11-21-19)22-12-14-6-4-3-5-7-14/h3-11,13H,12H2,1-2H3. The van der Waals surface area contributed by atoms with Crippen LogP contribution in [-0.4, -0.2) is 4.98 Å². The minimum atomic E-state index is 0.396. The fourth-order valence-electron chi connectivity index (χ4n) is 2.41. The molecule has 0 saturated carbocycles. The number of hydrogen-bond acceptors (Lipinski definition) is 2. The summed E-state index contributed by atoms with van der Waals surface area (Å²) in [6, 6.07) is 16.3. The Bertz CT molecular complexity index is 784. The number of hydrogen-bond donors (Lipinski definition) is 0. The van der Waals surface area contributed by atoms with E-state index in [4.69, 9.17) is 4.74 Å². The van der Waals surface area contributed by atoms with Crippen LogP contribution in [0.4, 0.5) is 0 Å². The molecule has 112 valence electrons. The van der Waals surface area contributed by atoms with Gasteiger partial charge in [-0.05, 0) is 51.0 Å². The van der Waals surface area contributed by atoms with E-state index in [1.165, 1.54) is 5.39 Å². The predicted molar refractivity (Wildman–Crippen MR) is 94.3 cm³/mol. The van der Waals surface area contributed by atoms with Gasteiger partial charge < -0.3 is 4.74 Å². The lowest BCUT2D eigenvalue weighted by atomic mass is 10.1. The number of rotatable bonds is 4. The molecule has 3 aromatic rings. The van der Waals surface area contributed by atoms with Crippen LogP contribution in [0.5, 0.6) is 5.75 Å². The number of benzene rings is 2. The Kier molecular flexibility index (Phi) is 4.44. The molecule has 0 saturated heterocycles. The number of halogens is 1. The van der Waals surface area contributed by atoms with Crippen molar-refractivity contribution in [1.82, 2.24) is 4.98 Å². The van der Waals surface area contributed by atoms with Crippen LogP contribution in [0.3, 0.4) is 0 Å². The van der Waals surface area contributed by atoms with E-state index in [-0.39, 0.29) is 0 Å². The first-order chi connectivity index (χ1) is 10.6. The number of aromatic nitrogens is 1. The van der Waals surface area contributed by atoms with Crippen LogP contribution in [0.2, 0.25) is 0 Å². The lowest BCUT2D eigenvalue weighted by Crippen LogP contribution is -1.97. The molecular formula is C19H18BrNO. The van der Waals surface area contributed by atoms with Crippen LogP contribution in [0, 0.1) is 0 Å². The van der Waals surface area contributed by atoms with Gasteiger partial charge in [-0.15, -0.1) is 0 Å². The molecule has 0 unspecified atom stereocenters. The first-order valence-electron chi connectivity index (χ1n) is 7.40. The van der Waals surface area contributed by atoms with Gasteiger partial charge in [0.15, 0.2) is 0 Å². The van der Waals surface area contributed by atoms with E-state index in [0.717, 1.165) is 26.9 Å². The minimum Gasteiger partial charge on any atom is -0.489 e. The van der Waals surface area contributed by atoms with Crippen molar-refractivity contribution < 1.29 is 4.74 Å². The molecule has 0 aliphatic rings. The number of nitrogens with zero attached hydrogens (tertiary/aromatic N) is 1. The van der Waals surface area contributed by atoms with Crippen molar-refractivity contribution >= 4 is 26.7 Å². The number of fused-ring (bicyclic) bond motifs is 1. The van der Waals surface area contributed by atoms with Crippen LogP contribution < -0.4 is 4.74 Å². The summed E-state index contributed by atoms with van der Waals surface area (Å²) in [4.78, 5) is 4.56. The molecule has 0 aliphatic heterocycles. The predicted octanol–water partition coefficient (Wildman–Crippen LogP) is 5.70. The Hall–Kier alpha value is -1.87. The first-order valence-corrected chi connectivity index (χ1v) is 8.19. The Balaban J connectivity index is 1.86.